The Hall–Kier alpha value is -3.67. The van der Waals surface area contributed by atoms with Crippen LogP contribution in [0.4, 0.5) is 0 Å². The number of likely N-dealkylation sites (tertiary alicyclic amines) is 2. The summed E-state index contributed by atoms with van der Waals surface area (Å²) in [7, 11) is 2.55. The van der Waals surface area contributed by atoms with Crippen LogP contribution in [0.2, 0.25) is 0 Å². The minimum Gasteiger partial charge on any atom is -0.497 e. The van der Waals surface area contributed by atoms with Gasteiger partial charge in [-0.2, -0.15) is 12.7 Å². The maximum absolute atomic E-state index is 14.3. The Morgan fingerprint density at radius 2 is 1.73 bits per heavy atom. The number of nitrogens with one attached hydrogen (secondary N) is 1. The zero-order chi connectivity index (χ0) is 31.6. The van der Waals surface area contributed by atoms with Gasteiger partial charge in [0.2, 0.25) is 0 Å². The Bertz CT molecular complexity index is 1830. The Kier molecular flexibility index (Phi) is 7.53. The zero-order valence-corrected chi connectivity index (χ0v) is 27.2. The lowest BCUT2D eigenvalue weighted by molar-refractivity contribution is -0.148. The number of amides is 2. The van der Waals surface area contributed by atoms with E-state index in [9.17, 15) is 18.0 Å². The number of nitrogens with zero attached hydrogens (tertiary/aromatic N) is 4. The third-order valence-corrected chi connectivity index (χ3v) is 11.5. The number of piperazine rings is 1. The molecule has 2 amide bonds. The number of ether oxygens (including phenoxy) is 1. The van der Waals surface area contributed by atoms with Crippen LogP contribution in [0.3, 0.4) is 0 Å². The molecule has 0 spiro atoms. The highest BCUT2D eigenvalue weighted by Gasteiger charge is 2.47. The molecule has 2 atom stereocenters. The average Bonchev–Trinajstić information content (AvgIpc) is 3.22. The summed E-state index contributed by atoms with van der Waals surface area (Å²) < 4.78 is 36.0. The summed E-state index contributed by atoms with van der Waals surface area (Å²) in [6.07, 6.45) is 8.74. The van der Waals surface area contributed by atoms with Crippen LogP contribution in [0, 0.1) is 0 Å². The van der Waals surface area contributed by atoms with E-state index >= 15 is 0 Å². The summed E-state index contributed by atoms with van der Waals surface area (Å²) >= 11 is 0. The summed E-state index contributed by atoms with van der Waals surface area (Å²) in [4.78, 5) is 31.9. The second-order valence-electron chi connectivity index (χ2n) is 13.2. The van der Waals surface area contributed by atoms with Crippen molar-refractivity contribution in [1.29, 1.82) is 0 Å². The van der Waals surface area contributed by atoms with Crippen molar-refractivity contribution >= 4 is 39.0 Å². The molecule has 1 N–H and O–H groups in total. The number of methoxy groups -OCH3 is 1. The number of rotatable bonds is 6. The van der Waals surface area contributed by atoms with Gasteiger partial charge in [-0.25, -0.2) is 4.72 Å². The number of carbonyl (C=O) groups excluding carboxylic acids is 2. The molecule has 1 aliphatic carbocycles. The van der Waals surface area contributed by atoms with Gasteiger partial charge in [-0.05, 0) is 79.8 Å². The predicted molar refractivity (Wildman–Crippen MR) is 174 cm³/mol. The molecular weight excluding hydrogens is 590 g/mol. The van der Waals surface area contributed by atoms with Crippen molar-refractivity contribution in [1.82, 2.24) is 23.4 Å². The molecule has 2 aromatic carbocycles. The fraction of sp³-hybridized carbons (Fsp3) is 0.471. The molecule has 4 heterocycles. The van der Waals surface area contributed by atoms with Crippen LogP contribution in [0.25, 0.3) is 28.2 Å². The number of hydrogen-bond donors (Lipinski definition) is 1. The van der Waals surface area contributed by atoms with E-state index in [-0.39, 0.29) is 23.6 Å². The van der Waals surface area contributed by atoms with Gasteiger partial charge >= 0.3 is 10.2 Å². The van der Waals surface area contributed by atoms with E-state index in [1.807, 2.05) is 24.3 Å². The second-order valence-corrected chi connectivity index (χ2v) is 15.1. The lowest BCUT2D eigenvalue weighted by Crippen LogP contribution is -2.69. The molecule has 2 saturated heterocycles. The lowest BCUT2D eigenvalue weighted by Gasteiger charge is -2.55. The van der Waals surface area contributed by atoms with Gasteiger partial charge in [0.25, 0.3) is 11.8 Å². The number of benzene rings is 2. The fourth-order valence-corrected chi connectivity index (χ4v) is 8.43. The number of hydrogen-bond acceptors (Lipinski definition) is 6. The lowest BCUT2D eigenvalue weighted by atomic mass is 9.81. The van der Waals surface area contributed by atoms with E-state index < -0.39 is 16.1 Å². The molecule has 10 nitrogen and oxygen atoms in total. The van der Waals surface area contributed by atoms with Gasteiger partial charge in [-0.1, -0.05) is 25.3 Å². The Labute approximate surface area is 264 Å². The molecule has 238 valence electrons. The highest BCUT2D eigenvalue weighted by molar-refractivity contribution is 7.87. The molecule has 0 radical (unpaired) electrons. The molecule has 45 heavy (non-hydrogen) atoms. The van der Waals surface area contributed by atoms with Crippen molar-refractivity contribution in [3.63, 3.8) is 0 Å². The monoisotopic (exact) mass is 631 g/mol. The molecule has 0 unspecified atom stereocenters. The van der Waals surface area contributed by atoms with Crippen LogP contribution in [-0.4, -0.2) is 92.3 Å². The van der Waals surface area contributed by atoms with Gasteiger partial charge in [0.05, 0.1) is 19.3 Å². The van der Waals surface area contributed by atoms with E-state index in [2.05, 4.69) is 32.2 Å². The quantitative estimate of drug-likeness (QED) is 0.437. The van der Waals surface area contributed by atoms with Crippen molar-refractivity contribution in [3.05, 3.63) is 58.7 Å². The van der Waals surface area contributed by atoms with Crippen LogP contribution in [0.15, 0.2) is 42.0 Å². The van der Waals surface area contributed by atoms with Crippen molar-refractivity contribution in [3.8, 4) is 17.0 Å². The number of carbonyl (C=O) groups is 2. The van der Waals surface area contributed by atoms with Crippen LogP contribution >= 0.6 is 0 Å². The van der Waals surface area contributed by atoms with E-state index in [0.717, 1.165) is 83.0 Å². The third kappa shape index (κ3) is 5.14. The summed E-state index contributed by atoms with van der Waals surface area (Å²) in [6.45, 7) is 2.09. The predicted octanol–water partition coefficient (Wildman–Crippen LogP) is 4.21. The van der Waals surface area contributed by atoms with E-state index in [4.69, 9.17) is 4.74 Å². The number of aromatic nitrogens is 1. The Balaban J connectivity index is 1.41. The number of fused-ring (bicyclic) bond motifs is 7. The second kappa shape index (κ2) is 11.3. The molecule has 3 fully saturated rings. The molecule has 1 aromatic heterocycles. The van der Waals surface area contributed by atoms with E-state index in [1.54, 1.807) is 19.2 Å². The summed E-state index contributed by atoms with van der Waals surface area (Å²) in [5.41, 5.74) is 6.05. The van der Waals surface area contributed by atoms with Gasteiger partial charge in [0.15, 0.2) is 0 Å². The van der Waals surface area contributed by atoms with Crippen molar-refractivity contribution in [2.45, 2.75) is 63.1 Å². The average molecular weight is 632 g/mol. The normalized spacial score (nSPS) is 21.9. The van der Waals surface area contributed by atoms with Crippen molar-refractivity contribution < 1.29 is 22.7 Å². The minimum absolute atomic E-state index is 0.0537. The molecule has 3 aliphatic heterocycles. The van der Waals surface area contributed by atoms with Gasteiger partial charge < -0.3 is 19.1 Å². The molecule has 2 bridgehead atoms. The smallest absolute Gasteiger partial charge is 0.303 e. The van der Waals surface area contributed by atoms with Crippen LogP contribution in [-0.2, 0) is 21.5 Å². The van der Waals surface area contributed by atoms with Gasteiger partial charge in [0, 0.05) is 66.9 Å². The number of likely N-dealkylation sites (N-methyl/N-ethyl adjacent to an activating group) is 1. The minimum atomic E-state index is -3.97. The van der Waals surface area contributed by atoms with E-state index in [0.29, 0.717) is 18.0 Å². The maximum atomic E-state index is 14.3. The van der Waals surface area contributed by atoms with Crippen LogP contribution in [0.5, 0.6) is 5.75 Å². The molecule has 3 aromatic rings. The SMILES string of the molecule is COc1ccc2c(c1)C=C(C(=O)N1[C@@H]3C[C@H]1CN(C)C3)Cn1c-2c(C2CCCCC2)c2ccc(C(=O)NS(=O)(=O)N(C)C)cc21. The molecule has 11 heteroatoms. The fourth-order valence-electron chi connectivity index (χ4n) is 7.90. The van der Waals surface area contributed by atoms with Crippen molar-refractivity contribution in [2.24, 2.45) is 0 Å². The first-order chi connectivity index (χ1) is 21.6. The van der Waals surface area contributed by atoms with Crippen LogP contribution < -0.4 is 9.46 Å². The van der Waals surface area contributed by atoms with Gasteiger partial charge in [-0.3, -0.25) is 9.59 Å². The van der Waals surface area contributed by atoms with Crippen LogP contribution in [0.1, 0.15) is 65.9 Å². The molecular formula is C34H41N5O5S. The molecule has 7 rings (SSSR count). The molecule has 1 saturated carbocycles. The molecule has 4 aliphatic rings. The number of piperidine rings is 1. The first-order valence-electron chi connectivity index (χ1n) is 15.9. The summed E-state index contributed by atoms with van der Waals surface area (Å²) in [5.74, 6) is 0.425. The summed E-state index contributed by atoms with van der Waals surface area (Å²) in [6, 6.07) is 11.9. The summed E-state index contributed by atoms with van der Waals surface area (Å²) in [5, 5.41) is 1.04. The van der Waals surface area contributed by atoms with Gasteiger partial charge in [-0.15, -0.1) is 0 Å². The highest BCUT2D eigenvalue weighted by Crippen LogP contribution is 2.47. The first-order valence-corrected chi connectivity index (χ1v) is 17.3. The zero-order valence-electron chi connectivity index (χ0n) is 26.4. The Morgan fingerprint density at radius 3 is 2.42 bits per heavy atom. The van der Waals surface area contributed by atoms with Crippen molar-refractivity contribution in [2.75, 3.05) is 41.3 Å². The Morgan fingerprint density at radius 1 is 1.00 bits per heavy atom. The highest BCUT2D eigenvalue weighted by atomic mass is 32.2. The standard InChI is InChI=1S/C34H41N5O5S/c1-36(2)45(42,43)35-33(40)22-10-12-29-30(16-22)38-18-24(34(41)39-25-17-26(39)20-37(3)19-25)14-23-15-27(44-4)11-13-28(23)32(38)31(29)21-8-6-5-7-9-21/h10-16,21,25-26H,5-9,17-20H2,1-4H3,(H,35,40)/t25-,26+. The maximum Gasteiger partial charge on any atom is 0.303 e. The van der Waals surface area contributed by atoms with E-state index in [1.165, 1.54) is 26.1 Å². The van der Waals surface area contributed by atoms with Gasteiger partial charge in [0.1, 0.15) is 5.75 Å². The third-order valence-electron chi connectivity index (χ3n) is 10.1. The first kappa shape index (κ1) is 30.0. The largest absolute Gasteiger partial charge is 0.497 e. The topological polar surface area (TPSA) is 104 Å².